The zero-order valence-electron chi connectivity index (χ0n) is 15.4. The van der Waals surface area contributed by atoms with Crippen LogP contribution in [0.25, 0.3) is 0 Å². The molecule has 0 rings (SSSR count). The van der Waals surface area contributed by atoms with E-state index in [1.165, 1.54) is 109 Å². The van der Waals surface area contributed by atoms with Crippen LogP contribution in [-0.2, 0) is 0 Å². The monoisotopic (exact) mass is 414 g/mol. The van der Waals surface area contributed by atoms with E-state index in [0.717, 1.165) is 65.9 Å². The van der Waals surface area contributed by atoms with Crippen LogP contribution in [0.1, 0.15) is 122 Å². The molecule has 0 spiro atoms. The molecule has 21 heavy (non-hydrogen) atoms. The Labute approximate surface area is 183 Å². The van der Waals surface area contributed by atoms with Crippen molar-refractivity contribution < 1.29 is 0 Å². The second-order valence-electron chi connectivity index (χ2n) is 7.01. The Kier molecular flexibility index (Phi) is 24.2. The Morgan fingerprint density at radius 3 is 0.857 bits per heavy atom. The number of hydrogen-bond acceptors (Lipinski definition) is 0. The Balaban J connectivity index is 2.90. The molecule has 0 heterocycles. The van der Waals surface area contributed by atoms with Crippen LogP contribution >= 0.6 is 0 Å². The van der Waals surface area contributed by atoms with Gasteiger partial charge in [0.15, 0.2) is 0 Å². The standard InChI is InChI=1S/C20H41.Cs/c1-3-5-7-9-11-13-15-17-19-20-18-16-14-12-10-8-6-4-2;/h1,3-20H2,2H3;. The molecule has 0 saturated carbocycles. The van der Waals surface area contributed by atoms with Crippen molar-refractivity contribution >= 4 is 65.9 Å². The molecule has 0 N–H and O–H groups in total. The Morgan fingerprint density at radius 2 is 0.619 bits per heavy atom. The zero-order valence-corrected chi connectivity index (χ0v) is 21.7. The first kappa shape index (κ1) is 23.1. The van der Waals surface area contributed by atoms with Crippen LogP contribution in [0.15, 0.2) is 0 Å². The molecular formula is C20H41Cs. The van der Waals surface area contributed by atoms with Crippen LogP contribution in [0.2, 0.25) is -2.15 Å². The first-order chi connectivity index (χ1) is 10.4. The van der Waals surface area contributed by atoms with Crippen LogP contribution in [-0.4, -0.2) is 65.9 Å². The predicted molar refractivity (Wildman–Crippen MR) is 99.3 cm³/mol. The van der Waals surface area contributed by atoms with E-state index >= 15 is 0 Å². The van der Waals surface area contributed by atoms with E-state index in [0.29, 0.717) is 0 Å². The molecule has 0 aliphatic heterocycles. The molecule has 0 bridgehead atoms. The fourth-order valence-corrected chi connectivity index (χ4v) is 4.72. The zero-order chi connectivity index (χ0) is 15.4. The maximum atomic E-state index is 2.30. The van der Waals surface area contributed by atoms with E-state index < -0.39 is 0 Å². The van der Waals surface area contributed by atoms with Gasteiger partial charge in [-0.05, 0) is 0 Å². The third kappa shape index (κ3) is 22.1. The summed E-state index contributed by atoms with van der Waals surface area (Å²) in [6.45, 7) is 2.30. The number of hydrogen-bond donors (Lipinski definition) is 0. The average Bonchev–Trinajstić information content (AvgIpc) is 2.50. The molecule has 0 fully saturated rings. The van der Waals surface area contributed by atoms with Gasteiger partial charge in [-0.2, -0.15) is 0 Å². The van der Waals surface area contributed by atoms with E-state index in [-0.39, 0.29) is 0 Å². The van der Waals surface area contributed by atoms with Gasteiger partial charge in [0.1, 0.15) is 0 Å². The minimum atomic E-state index is 0.877. The normalized spacial score (nSPS) is 11.2. The van der Waals surface area contributed by atoms with E-state index in [1.54, 1.807) is 4.27 Å². The van der Waals surface area contributed by atoms with Gasteiger partial charge in [0, 0.05) is 0 Å². The van der Waals surface area contributed by atoms with Gasteiger partial charge >= 0.3 is 134 Å². The fourth-order valence-electron chi connectivity index (χ4n) is 3.15. The molecular weight excluding hydrogens is 373 g/mol. The molecule has 0 nitrogen and oxygen atoms in total. The van der Waals surface area contributed by atoms with Crippen LogP contribution in [0.3, 0.4) is 0 Å². The van der Waals surface area contributed by atoms with Crippen molar-refractivity contribution in [3.05, 3.63) is 0 Å². The van der Waals surface area contributed by atoms with Gasteiger partial charge in [-0.25, -0.2) is 0 Å². The summed E-state index contributed by atoms with van der Waals surface area (Å²) in [5, 5.41) is 0. The summed E-state index contributed by atoms with van der Waals surface area (Å²) in [4.78, 5) is 0. The number of unbranched alkanes of at least 4 members (excludes halogenated alkanes) is 17. The molecule has 0 radical (unpaired) electrons. The first-order valence-electron chi connectivity index (χ1n) is 10.4. The Bertz CT molecular complexity index is 149. The predicted octanol–water partition coefficient (Wildman–Crippen LogP) is 7.61. The molecule has 0 atom stereocenters. The molecule has 0 saturated heterocycles. The van der Waals surface area contributed by atoms with Gasteiger partial charge in [-0.1, -0.05) is 51.9 Å². The van der Waals surface area contributed by atoms with Gasteiger partial charge in [-0.15, -0.1) is 0 Å². The average molecular weight is 414 g/mol. The summed E-state index contributed by atoms with van der Waals surface area (Å²) in [6, 6.07) is 0. The molecule has 1 heteroatoms. The quantitative estimate of drug-likeness (QED) is 0.202. The number of rotatable bonds is 18. The molecule has 0 aromatic carbocycles. The van der Waals surface area contributed by atoms with Gasteiger partial charge in [0.05, 0.1) is 0 Å². The minimum absolute atomic E-state index is 0.877. The third-order valence-corrected chi connectivity index (χ3v) is 6.93. The summed E-state index contributed by atoms with van der Waals surface area (Å²) < 4.78 is 1.60. The van der Waals surface area contributed by atoms with Gasteiger partial charge < -0.3 is 0 Å². The van der Waals surface area contributed by atoms with Crippen LogP contribution in [0.4, 0.5) is 0 Å². The Hall–Kier alpha value is 2.05. The van der Waals surface area contributed by atoms with Crippen molar-refractivity contribution in [1.82, 2.24) is 0 Å². The van der Waals surface area contributed by atoms with Crippen LogP contribution in [0, 0.1) is 0 Å². The maximum absolute atomic E-state index is 2.30. The molecule has 0 amide bonds. The van der Waals surface area contributed by atoms with Crippen LogP contribution < -0.4 is 0 Å². The van der Waals surface area contributed by atoms with E-state index in [9.17, 15) is 0 Å². The van der Waals surface area contributed by atoms with E-state index in [4.69, 9.17) is 0 Å². The van der Waals surface area contributed by atoms with E-state index in [2.05, 4.69) is 6.92 Å². The van der Waals surface area contributed by atoms with Crippen molar-refractivity contribution in [3.8, 4) is 0 Å². The van der Waals surface area contributed by atoms with Crippen LogP contribution in [0.5, 0.6) is 0 Å². The summed E-state index contributed by atoms with van der Waals surface area (Å²) in [6.07, 6.45) is 26.8. The Morgan fingerprint density at radius 1 is 0.381 bits per heavy atom. The van der Waals surface area contributed by atoms with Crippen molar-refractivity contribution in [2.24, 2.45) is 0 Å². The molecule has 0 aromatic heterocycles. The molecule has 122 valence electrons. The SMILES string of the molecule is CCCCCCCCCCCCCCCCCCC[CH2][Cs]. The molecule has 0 aromatic rings. The topological polar surface area (TPSA) is 0 Å². The summed E-state index contributed by atoms with van der Waals surface area (Å²) in [5.74, 6) is 0. The van der Waals surface area contributed by atoms with Gasteiger partial charge in [0.2, 0.25) is 0 Å². The summed E-state index contributed by atoms with van der Waals surface area (Å²) in [5.41, 5.74) is 0. The van der Waals surface area contributed by atoms with Crippen molar-refractivity contribution in [2.45, 2.75) is 120 Å². The third-order valence-electron chi connectivity index (χ3n) is 4.71. The first-order valence-corrected chi connectivity index (χ1v) is 14.9. The fraction of sp³-hybridized carbons (Fsp3) is 1.00. The van der Waals surface area contributed by atoms with Gasteiger partial charge in [-0.3, -0.25) is 0 Å². The summed E-state index contributed by atoms with van der Waals surface area (Å²) in [7, 11) is 0. The van der Waals surface area contributed by atoms with Gasteiger partial charge in [0.25, 0.3) is 0 Å². The van der Waals surface area contributed by atoms with Crippen molar-refractivity contribution in [1.29, 1.82) is 0 Å². The molecule has 0 aliphatic carbocycles. The molecule has 0 unspecified atom stereocenters. The van der Waals surface area contributed by atoms with E-state index in [1.807, 2.05) is 0 Å². The second-order valence-corrected chi connectivity index (χ2v) is 10.2. The summed E-state index contributed by atoms with van der Waals surface area (Å²) >= 11 is 0.877. The molecule has 0 aliphatic rings. The van der Waals surface area contributed by atoms with Crippen molar-refractivity contribution in [2.75, 3.05) is 0 Å². The van der Waals surface area contributed by atoms with Crippen molar-refractivity contribution in [3.63, 3.8) is 0 Å². The second kappa shape index (κ2) is 22.1.